The second-order valence-electron chi connectivity index (χ2n) is 10.7. The van der Waals surface area contributed by atoms with Gasteiger partial charge < -0.3 is 0 Å². The molecule has 0 rings (SSSR count). The molecule has 0 radical (unpaired) electrons. The second-order valence-corrected chi connectivity index (χ2v) is 11.8. The third-order valence-electron chi connectivity index (χ3n) is 7.62. The molecule has 2 unspecified atom stereocenters. The molecular weight excluding hydrogens is 518 g/mol. The van der Waals surface area contributed by atoms with Crippen molar-refractivity contribution in [3.63, 3.8) is 0 Å². The first-order valence-corrected chi connectivity index (χ1v) is 15.5. The molecule has 32 heavy (non-hydrogen) atoms. The lowest BCUT2D eigenvalue weighted by Crippen LogP contribution is -2.32. The smallest absolute Gasteiger partial charge is 0.0122 e. The van der Waals surface area contributed by atoms with Crippen molar-refractivity contribution in [1.29, 1.82) is 0 Å². The summed E-state index contributed by atoms with van der Waals surface area (Å²) in [5.41, 5.74) is 0. The van der Waals surface area contributed by atoms with Crippen molar-refractivity contribution >= 4 is 33.2 Å². The van der Waals surface area contributed by atoms with Gasteiger partial charge in [0.25, 0.3) is 0 Å². The van der Waals surface area contributed by atoms with E-state index in [0.29, 0.717) is 5.16 Å². The van der Waals surface area contributed by atoms with E-state index in [1.54, 1.807) is 0 Å². The molecule has 0 saturated carbocycles. The van der Waals surface area contributed by atoms with Gasteiger partial charge in [0, 0.05) is 0 Å². The van der Waals surface area contributed by atoms with Crippen LogP contribution in [0.3, 0.4) is 0 Å². The van der Waals surface area contributed by atoms with E-state index in [1.165, 1.54) is 154 Å². The topological polar surface area (TPSA) is 0 Å². The third kappa shape index (κ3) is 20.5. The fourth-order valence-electron chi connectivity index (χ4n) is 5.30. The molecule has 0 bridgehead atoms. The van der Waals surface area contributed by atoms with E-state index < -0.39 is 0 Å². The molecule has 0 amide bonds. The number of hydrogen-bond donors (Lipinski definition) is 0. The highest BCUT2D eigenvalue weighted by Crippen LogP contribution is 2.43. The van der Waals surface area contributed by atoms with Crippen LogP contribution < -0.4 is 0 Å². The van der Waals surface area contributed by atoms with Crippen LogP contribution >= 0.6 is 33.2 Å². The average molecular weight is 583 g/mol. The maximum atomic E-state index is 3.40. The zero-order valence-electron chi connectivity index (χ0n) is 23.0. The standard InChI is InChI=1S/C30H63P.HI/c1-5-9-13-14-15-16-17-18-19-20-21-22-23-24-26-29(25-10-6-2)30(31,27-11-7-3)28-12-8-4;/h29H,5-28,31H2,1-4H3;1H. The largest absolute Gasteiger partial charge is 0.131 e. The first-order chi connectivity index (χ1) is 15.1. The molecular formula is C30H64IP. The molecule has 0 aliphatic carbocycles. The summed E-state index contributed by atoms with van der Waals surface area (Å²) in [7, 11) is 3.40. The van der Waals surface area contributed by atoms with Crippen molar-refractivity contribution in [3.8, 4) is 0 Å². The van der Waals surface area contributed by atoms with Crippen LogP contribution in [-0.2, 0) is 0 Å². The second kappa shape index (κ2) is 26.8. The van der Waals surface area contributed by atoms with Crippen LogP contribution in [0.1, 0.15) is 182 Å². The summed E-state index contributed by atoms with van der Waals surface area (Å²) in [4.78, 5) is 0. The van der Waals surface area contributed by atoms with Gasteiger partial charge in [-0.15, -0.1) is 33.2 Å². The third-order valence-corrected chi connectivity index (χ3v) is 8.67. The minimum absolute atomic E-state index is 0. The Morgan fingerprint density at radius 3 is 1.12 bits per heavy atom. The summed E-state index contributed by atoms with van der Waals surface area (Å²) in [6.45, 7) is 9.40. The van der Waals surface area contributed by atoms with Gasteiger partial charge in [-0.3, -0.25) is 0 Å². The highest BCUT2D eigenvalue weighted by molar-refractivity contribution is 14.0. The van der Waals surface area contributed by atoms with Gasteiger partial charge in [-0.25, -0.2) is 0 Å². The average Bonchev–Trinajstić information content (AvgIpc) is 2.78. The van der Waals surface area contributed by atoms with E-state index in [4.69, 9.17) is 0 Å². The molecule has 0 nitrogen and oxygen atoms in total. The van der Waals surface area contributed by atoms with Crippen LogP contribution in [0.25, 0.3) is 0 Å². The Balaban J connectivity index is 0. The predicted octanol–water partition coefficient (Wildman–Crippen LogP) is 12.3. The van der Waals surface area contributed by atoms with E-state index in [0.717, 1.165) is 5.92 Å². The molecule has 196 valence electrons. The molecule has 0 aromatic carbocycles. The van der Waals surface area contributed by atoms with E-state index in [9.17, 15) is 0 Å². The van der Waals surface area contributed by atoms with E-state index >= 15 is 0 Å². The summed E-state index contributed by atoms with van der Waals surface area (Å²) in [5.74, 6) is 0.938. The molecule has 0 aliphatic heterocycles. The molecule has 0 aromatic heterocycles. The Hall–Kier alpha value is 1.16. The van der Waals surface area contributed by atoms with E-state index in [-0.39, 0.29) is 24.0 Å². The van der Waals surface area contributed by atoms with E-state index in [2.05, 4.69) is 36.9 Å². The van der Waals surface area contributed by atoms with Crippen LogP contribution in [0.15, 0.2) is 0 Å². The molecule has 0 N–H and O–H groups in total. The summed E-state index contributed by atoms with van der Waals surface area (Å²) in [6, 6.07) is 0. The van der Waals surface area contributed by atoms with Gasteiger partial charge in [0.15, 0.2) is 0 Å². The Kier molecular flexibility index (Phi) is 29.5. The summed E-state index contributed by atoms with van der Waals surface area (Å²) >= 11 is 0. The SMILES string of the molecule is CCCCCCCCCCCCCCCCC(CCCC)C(P)(CCCC)CCCC.I. The van der Waals surface area contributed by atoms with Gasteiger partial charge in [0.05, 0.1) is 0 Å². The van der Waals surface area contributed by atoms with Crippen molar-refractivity contribution in [2.24, 2.45) is 5.92 Å². The monoisotopic (exact) mass is 582 g/mol. The lowest BCUT2D eigenvalue weighted by atomic mass is 9.77. The van der Waals surface area contributed by atoms with Gasteiger partial charge >= 0.3 is 0 Å². The zero-order chi connectivity index (χ0) is 23.0. The fraction of sp³-hybridized carbons (Fsp3) is 1.00. The Labute approximate surface area is 225 Å². The molecule has 0 aliphatic rings. The normalized spacial score (nSPS) is 12.7. The minimum Gasteiger partial charge on any atom is -0.131 e. The van der Waals surface area contributed by atoms with Crippen molar-refractivity contribution in [3.05, 3.63) is 0 Å². The van der Waals surface area contributed by atoms with Gasteiger partial charge in [-0.2, -0.15) is 0 Å². The zero-order valence-corrected chi connectivity index (χ0v) is 26.5. The Morgan fingerprint density at radius 2 is 0.750 bits per heavy atom. The van der Waals surface area contributed by atoms with Gasteiger partial charge in [-0.05, 0) is 36.8 Å². The van der Waals surface area contributed by atoms with Crippen molar-refractivity contribution in [2.45, 2.75) is 187 Å². The molecule has 0 saturated heterocycles. The van der Waals surface area contributed by atoms with Crippen molar-refractivity contribution in [1.82, 2.24) is 0 Å². The van der Waals surface area contributed by atoms with E-state index in [1.807, 2.05) is 0 Å². The van der Waals surface area contributed by atoms with Crippen LogP contribution in [0.5, 0.6) is 0 Å². The van der Waals surface area contributed by atoms with Crippen LogP contribution in [0.2, 0.25) is 0 Å². The first kappa shape index (κ1) is 35.3. The Morgan fingerprint density at radius 1 is 0.438 bits per heavy atom. The molecule has 0 fully saturated rings. The highest BCUT2D eigenvalue weighted by Gasteiger charge is 2.32. The maximum absolute atomic E-state index is 3.40. The summed E-state index contributed by atoms with van der Waals surface area (Å²) in [6.07, 6.45) is 34.7. The van der Waals surface area contributed by atoms with Crippen LogP contribution in [0.4, 0.5) is 0 Å². The molecule has 2 heteroatoms. The minimum atomic E-state index is 0. The molecule has 0 spiro atoms. The number of unbranched alkanes of at least 4 members (excludes halogenated alkanes) is 16. The quantitative estimate of drug-likeness (QED) is 0.0571. The van der Waals surface area contributed by atoms with Gasteiger partial charge in [0.1, 0.15) is 0 Å². The van der Waals surface area contributed by atoms with Crippen molar-refractivity contribution in [2.75, 3.05) is 0 Å². The molecule has 0 heterocycles. The number of halogens is 1. The van der Waals surface area contributed by atoms with Crippen LogP contribution in [-0.4, -0.2) is 5.16 Å². The van der Waals surface area contributed by atoms with Gasteiger partial charge in [0.2, 0.25) is 0 Å². The summed E-state index contributed by atoms with van der Waals surface area (Å²) < 4.78 is 0. The maximum Gasteiger partial charge on any atom is -0.0122 e. The Bertz CT molecular complexity index is 336. The predicted molar refractivity (Wildman–Crippen MR) is 165 cm³/mol. The number of rotatable bonds is 25. The molecule has 0 aromatic rings. The molecule has 2 atom stereocenters. The number of hydrogen-bond acceptors (Lipinski definition) is 0. The lowest BCUT2D eigenvalue weighted by Gasteiger charge is -2.39. The fourth-order valence-corrected chi connectivity index (χ4v) is 6.04. The van der Waals surface area contributed by atoms with Crippen molar-refractivity contribution < 1.29 is 0 Å². The van der Waals surface area contributed by atoms with Crippen LogP contribution in [0, 0.1) is 5.92 Å². The lowest BCUT2D eigenvalue weighted by molar-refractivity contribution is 0.274. The first-order valence-electron chi connectivity index (χ1n) is 14.9. The highest BCUT2D eigenvalue weighted by atomic mass is 127. The van der Waals surface area contributed by atoms with Gasteiger partial charge in [-0.1, -0.05) is 156 Å². The summed E-state index contributed by atoms with van der Waals surface area (Å²) in [5, 5.41) is 0.526.